The predicted octanol–water partition coefficient (Wildman–Crippen LogP) is 1.74. The molecule has 3 nitrogen and oxygen atoms in total. The highest BCUT2D eigenvalue weighted by molar-refractivity contribution is 6.31. The zero-order chi connectivity index (χ0) is 10.3. The van der Waals surface area contributed by atoms with Crippen molar-refractivity contribution in [2.75, 3.05) is 0 Å². The smallest absolute Gasteiger partial charge is 0.355 e. The maximum Gasteiger partial charge on any atom is 0.355 e. The molecule has 0 fully saturated rings. The molecule has 1 aliphatic carbocycles. The number of hydrogen-bond donors (Lipinski definition) is 0. The van der Waals surface area contributed by atoms with Crippen molar-refractivity contribution in [2.24, 2.45) is 0 Å². The normalized spacial score (nSPS) is 14.3. The molecule has 4 heteroatoms. The van der Waals surface area contributed by atoms with Gasteiger partial charge < -0.3 is 4.42 Å². The fourth-order valence-electron chi connectivity index (χ4n) is 1.43. The van der Waals surface area contributed by atoms with Crippen LogP contribution in [0, 0.1) is 6.92 Å². The highest BCUT2D eigenvalue weighted by Gasteiger charge is 2.18. The van der Waals surface area contributed by atoms with Crippen LogP contribution in [0.25, 0.3) is 6.08 Å². The van der Waals surface area contributed by atoms with Crippen molar-refractivity contribution in [2.45, 2.75) is 13.3 Å². The second kappa shape index (κ2) is 3.10. The molecule has 0 amide bonds. The van der Waals surface area contributed by atoms with Gasteiger partial charge in [0.05, 0.1) is 6.42 Å². The average molecular weight is 211 g/mol. The number of allylic oxidation sites excluding steroid dienone is 1. The molecular weight excluding hydrogens is 204 g/mol. The molecule has 1 heterocycles. The van der Waals surface area contributed by atoms with Crippen molar-refractivity contribution >= 4 is 23.5 Å². The van der Waals surface area contributed by atoms with Crippen LogP contribution in [0.3, 0.4) is 0 Å². The summed E-state index contributed by atoms with van der Waals surface area (Å²) >= 11 is 5.73. The van der Waals surface area contributed by atoms with Gasteiger partial charge in [0, 0.05) is 5.56 Å². The van der Waals surface area contributed by atoms with E-state index < -0.39 is 5.63 Å². The molecule has 2 rings (SSSR count). The Balaban J connectivity index is 2.75. The number of halogens is 1. The second-order valence-electron chi connectivity index (χ2n) is 3.14. The summed E-state index contributed by atoms with van der Waals surface area (Å²) in [5.41, 5.74) is 0.835. The summed E-state index contributed by atoms with van der Waals surface area (Å²) in [6.45, 7) is 1.73. The molecule has 1 aromatic heterocycles. The lowest BCUT2D eigenvalue weighted by Crippen LogP contribution is -2.13. The Hall–Kier alpha value is -1.35. The van der Waals surface area contributed by atoms with Crippen LogP contribution in [0.15, 0.2) is 15.3 Å². The minimum atomic E-state index is -0.578. The van der Waals surface area contributed by atoms with Crippen molar-refractivity contribution in [1.82, 2.24) is 0 Å². The molecule has 0 aromatic carbocycles. The number of carbonyl (C=O) groups is 1. The van der Waals surface area contributed by atoms with E-state index in [4.69, 9.17) is 16.0 Å². The van der Waals surface area contributed by atoms with E-state index in [0.29, 0.717) is 11.3 Å². The summed E-state index contributed by atoms with van der Waals surface area (Å²) < 4.78 is 4.92. The van der Waals surface area contributed by atoms with E-state index >= 15 is 0 Å². The summed E-state index contributed by atoms with van der Waals surface area (Å²) in [7, 11) is 0. The van der Waals surface area contributed by atoms with Crippen LogP contribution >= 0.6 is 11.6 Å². The third kappa shape index (κ3) is 1.30. The van der Waals surface area contributed by atoms with Gasteiger partial charge in [-0.2, -0.15) is 0 Å². The first kappa shape index (κ1) is 9.21. The lowest BCUT2D eigenvalue weighted by molar-refractivity contribution is -0.114. The van der Waals surface area contributed by atoms with E-state index in [1.54, 1.807) is 13.0 Å². The molecule has 1 aromatic rings. The first-order valence-electron chi connectivity index (χ1n) is 4.12. The summed E-state index contributed by atoms with van der Waals surface area (Å²) in [5, 5.41) is 0.0859. The van der Waals surface area contributed by atoms with E-state index in [-0.39, 0.29) is 17.2 Å². The predicted molar refractivity (Wildman–Crippen MR) is 52.5 cm³/mol. The second-order valence-corrected chi connectivity index (χ2v) is 3.52. The molecule has 0 bridgehead atoms. The van der Waals surface area contributed by atoms with Gasteiger partial charge in [-0.25, -0.2) is 4.79 Å². The zero-order valence-corrected chi connectivity index (χ0v) is 8.22. The van der Waals surface area contributed by atoms with Crippen LogP contribution in [0.1, 0.15) is 16.9 Å². The van der Waals surface area contributed by atoms with Gasteiger partial charge in [0.1, 0.15) is 10.8 Å². The topological polar surface area (TPSA) is 47.3 Å². The van der Waals surface area contributed by atoms with Gasteiger partial charge in [-0.1, -0.05) is 11.6 Å². The minimum absolute atomic E-state index is 0.0672. The van der Waals surface area contributed by atoms with Gasteiger partial charge in [-0.3, -0.25) is 4.79 Å². The Bertz CT molecular complexity index is 497. The van der Waals surface area contributed by atoms with Crippen molar-refractivity contribution in [3.8, 4) is 0 Å². The monoisotopic (exact) mass is 210 g/mol. The Morgan fingerprint density at radius 1 is 1.36 bits per heavy atom. The van der Waals surface area contributed by atoms with Crippen LogP contribution in [-0.4, -0.2) is 5.78 Å². The molecule has 0 spiro atoms. The van der Waals surface area contributed by atoms with Gasteiger partial charge in [0.2, 0.25) is 0 Å². The van der Waals surface area contributed by atoms with E-state index in [1.165, 1.54) is 6.08 Å². The molecule has 0 saturated carbocycles. The van der Waals surface area contributed by atoms with Crippen LogP contribution in [-0.2, 0) is 11.2 Å². The van der Waals surface area contributed by atoms with Gasteiger partial charge in [-0.15, -0.1) is 0 Å². The lowest BCUT2D eigenvalue weighted by atomic mass is 10.00. The highest BCUT2D eigenvalue weighted by Crippen LogP contribution is 2.23. The molecule has 72 valence electrons. The quantitative estimate of drug-likeness (QED) is 0.655. The lowest BCUT2D eigenvalue weighted by Gasteiger charge is -2.10. The number of rotatable bonds is 0. The molecule has 0 saturated heterocycles. The summed E-state index contributed by atoms with van der Waals surface area (Å²) in [6.07, 6.45) is 3.23. The SMILES string of the molecule is Cc1c2c(oc(=O)c1Cl)CC(=O)C=C2. The number of ketones is 1. The molecule has 14 heavy (non-hydrogen) atoms. The van der Waals surface area contributed by atoms with E-state index in [0.717, 1.165) is 5.56 Å². The molecule has 0 unspecified atom stereocenters. The molecule has 0 N–H and O–H groups in total. The standard InChI is InChI=1S/C10H7ClO3/c1-5-7-3-2-6(12)4-8(7)14-10(13)9(5)11/h2-3H,4H2,1H3. The summed E-state index contributed by atoms with van der Waals surface area (Å²) in [5.74, 6) is 0.340. The van der Waals surface area contributed by atoms with E-state index in [9.17, 15) is 9.59 Å². The minimum Gasteiger partial charge on any atom is -0.426 e. The van der Waals surface area contributed by atoms with Crippen molar-refractivity contribution in [3.05, 3.63) is 38.4 Å². The fraction of sp³-hybridized carbons (Fsp3) is 0.200. The molecular formula is C10H7ClO3. The Kier molecular flexibility index (Phi) is 2.04. The van der Waals surface area contributed by atoms with Crippen LogP contribution in [0.4, 0.5) is 0 Å². The first-order valence-corrected chi connectivity index (χ1v) is 4.50. The average Bonchev–Trinajstić information content (AvgIpc) is 2.14. The molecule has 0 radical (unpaired) electrons. The number of fused-ring (bicyclic) bond motifs is 1. The van der Waals surface area contributed by atoms with Gasteiger partial charge >= 0.3 is 5.63 Å². The Morgan fingerprint density at radius 3 is 2.79 bits per heavy atom. The van der Waals surface area contributed by atoms with Crippen molar-refractivity contribution < 1.29 is 9.21 Å². The highest BCUT2D eigenvalue weighted by atomic mass is 35.5. The fourth-order valence-corrected chi connectivity index (χ4v) is 1.58. The maximum atomic E-state index is 11.2. The first-order chi connectivity index (χ1) is 6.59. The van der Waals surface area contributed by atoms with Crippen LogP contribution < -0.4 is 5.63 Å². The molecule has 1 aliphatic rings. The Morgan fingerprint density at radius 2 is 2.07 bits per heavy atom. The maximum absolute atomic E-state index is 11.2. The van der Waals surface area contributed by atoms with E-state index in [2.05, 4.69) is 0 Å². The molecule has 0 aliphatic heterocycles. The van der Waals surface area contributed by atoms with Gasteiger partial charge in [-0.05, 0) is 24.6 Å². The van der Waals surface area contributed by atoms with Gasteiger partial charge in [0.15, 0.2) is 5.78 Å². The Labute approximate surface area is 85.0 Å². The summed E-state index contributed by atoms with van der Waals surface area (Å²) in [4.78, 5) is 22.2. The zero-order valence-electron chi connectivity index (χ0n) is 7.46. The number of carbonyl (C=O) groups excluding carboxylic acids is 1. The van der Waals surface area contributed by atoms with Crippen LogP contribution in [0.2, 0.25) is 5.02 Å². The largest absolute Gasteiger partial charge is 0.426 e. The number of hydrogen-bond acceptors (Lipinski definition) is 3. The van der Waals surface area contributed by atoms with Gasteiger partial charge in [0.25, 0.3) is 0 Å². The third-order valence-electron chi connectivity index (χ3n) is 2.20. The van der Waals surface area contributed by atoms with Crippen LogP contribution in [0.5, 0.6) is 0 Å². The third-order valence-corrected chi connectivity index (χ3v) is 2.64. The van der Waals surface area contributed by atoms with E-state index in [1.807, 2.05) is 0 Å². The summed E-state index contributed by atoms with van der Waals surface area (Å²) in [6, 6.07) is 0. The van der Waals surface area contributed by atoms with Crippen molar-refractivity contribution in [3.63, 3.8) is 0 Å². The van der Waals surface area contributed by atoms with Crippen molar-refractivity contribution in [1.29, 1.82) is 0 Å². The molecule has 0 atom stereocenters.